The van der Waals surface area contributed by atoms with Gasteiger partial charge in [0.2, 0.25) is 0 Å². The van der Waals surface area contributed by atoms with Gasteiger partial charge in [0.05, 0.1) is 6.33 Å². The molecule has 1 aromatic rings. The van der Waals surface area contributed by atoms with Gasteiger partial charge in [-0.25, -0.2) is 4.98 Å². The van der Waals surface area contributed by atoms with Crippen LogP contribution in [0.5, 0.6) is 0 Å². The minimum absolute atomic E-state index is 0.153. The quantitative estimate of drug-likeness (QED) is 0.787. The van der Waals surface area contributed by atoms with Gasteiger partial charge in [-0.15, -0.1) is 0 Å². The molecule has 0 spiro atoms. The summed E-state index contributed by atoms with van der Waals surface area (Å²) in [6, 6.07) is 0.287. The molecular weight excluding hydrogens is 202 g/mol. The van der Waals surface area contributed by atoms with Gasteiger partial charge in [0, 0.05) is 25.7 Å². The van der Waals surface area contributed by atoms with E-state index in [-0.39, 0.29) is 11.8 Å². The second-order valence-corrected chi connectivity index (χ2v) is 4.84. The van der Waals surface area contributed by atoms with E-state index in [0.717, 1.165) is 25.7 Å². The first-order valence-corrected chi connectivity index (χ1v) is 5.92. The maximum Gasteiger partial charge on any atom is 0.183 e. The lowest BCUT2D eigenvalue weighted by molar-refractivity contribution is 0.0943. The van der Waals surface area contributed by atoms with Crippen molar-refractivity contribution in [1.29, 1.82) is 0 Å². The molecule has 2 atom stereocenters. The molecule has 4 heteroatoms. The highest BCUT2D eigenvalue weighted by Gasteiger charge is 2.22. The number of imidazole rings is 1. The lowest BCUT2D eigenvalue weighted by Gasteiger charge is -2.25. The van der Waals surface area contributed by atoms with E-state index in [1.54, 1.807) is 17.1 Å². The number of carbonyl (C=O) groups is 1. The smallest absolute Gasteiger partial charge is 0.183 e. The summed E-state index contributed by atoms with van der Waals surface area (Å²) in [7, 11) is 1.88. The van der Waals surface area contributed by atoms with Crippen molar-refractivity contribution in [3.8, 4) is 0 Å². The molecule has 0 amide bonds. The third-order valence-electron chi connectivity index (χ3n) is 3.29. The van der Waals surface area contributed by atoms with Gasteiger partial charge in [-0.05, 0) is 25.2 Å². The van der Waals surface area contributed by atoms with Gasteiger partial charge >= 0.3 is 0 Å². The summed E-state index contributed by atoms with van der Waals surface area (Å²) >= 11 is 0. The van der Waals surface area contributed by atoms with Crippen LogP contribution in [0.15, 0.2) is 12.5 Å². The van der Waals surface area contributed by atoms with E-state index < -0.39 is 0 Å². The fourth-order valence-corrected chi connectivity index (χ4v) is 2.44. The van der Waals surface area contributed by atoms with Gasteiger partial charge in [0.15, 0.2) is 5.78 Å². The summed E-state index contributed by atoms with van der Waals surface area (Å²) in [5.41, 5.74) is 6.50. The summed E-state index contributed by atoms with van der Waals surface area (Å²) in [5.74, 6) is 0.609. The summed E-state index contributed by atoms with van der Waals surface area (Å²) in [6.07, 6.45) is 8.43. The first-order chi connectivity index (χ1) is 7.65. The standard InChI is InChI=1S/C12H19N3O/c1-15-7-11(14-8-15)12(16)6-9-3-2-4-10(13)5-9/h7-10H,2-6,13H2,1H3/t9-,10+/m1/s1. The van der Waals surface area contributed by atoms with Crippen LogP contribution in [0.25, 0.3) is 0 Å². The number of Topliss-reactive ketones (excluding diaryl/α,β-unsaturated/α-hetero) is 1. The van der Waals surface area contributed by atoms with Crippen molar-refractivity contribution in [1.82, 2.24) is 9.55 Å². The number of hydrogen-bond donors (Lipinski definition) is 1. The highest BCUT2D eigenvalue weighted by Crippen LogP contribution is 2.26. The SMILES string of the molecule is Cn1cnc(C(=O)C[C@@H]2CCC[C@H](N)C2)c1. The largest absolute Gasteiger partial charge is 0.340 e. The maximum atomic E-state index is 11.9. The van der Waals surface area contributed by atoms with Crippen molar-refractivity contribution in [2.24, 2.45) is 18.7 Å². The zero-order chi connectivity index (χ0) is 11.5. The topological polar surface area (TPSA) is 60.9 Å². The average Bonchev–Trinajstić information content (AvgIpc) is 2.65. The maximum absolute atomic E-state index is 11.9. The minimum atomic E-state index is 0.153. The molecule has 0 aliphatic heterocycles. The zero-order valence-electron chi connectivity index (χ0n) is 9.72. The Labute approximate surface area is 95.9 Å². The Balaban J connectivity index is 1.92. The fourth-order valence-electron chi connectivity index (χ4n) is 2.44. The molecule has 1 aromatic heterocycles. The van der Waals surface area contributed by atoms with Gasteiger partial charge < -0.3 is 10.3 Å². The second-order valence-electron chi connectivity index (χ2n) is 4.84. The number of aryl methyl sites for hydroxylation is 1. The van der Waals surface area contributed by atoms with Crippen molar-refractivity contribution < 1.29 is 4.79 Å². The van der Waals surface area contributed by atoms with Crippen molar-refractivity contribution in [2.45, 2.75) is 38.1 Å². The Morgan fingerprint density at radius 3 is 3.06 bits per heavy atom. The number of aromatic nitrogens is 2. The van der Waals surface area contributed by atoms with Gasteiger partial charge in [-0.1, -0.05) is 6.42 Å². The normalized spacial score (nSPS) is 25.6. The van der Waals surface area contributed by atoms with E-state index in [1.165, 1.54) is 0 Å². The van der Waals surface area contributed by atoms with E-state index in [9.17, 15) is 4.79 Å². The van der Waals surface area contributed by atoms with Crippen molar-refractivity contribution >= 4 is 5.78 Å². The first kappa shape index (κ1) is 11.3. The monoisotopic (exact) mass is 221 g/mol. The molecule has 1 saturated carbocycles. The van der Waals surface area contributed by atoms with Gasteiger partial charge in [-0.3, -0.25) is 4.79 Å². The molecule has 16 heavy (non-hydrogen) atoms. The Morgan fingerprint density at radius 2 is 2.44 bits per heavy atom. The molecule has 2 N–H and O–H groups in total. The highest BCUT2D eigenvalue weighted by molar-refractivity contribution is 5.94. The number of hydrogen-bond acceptors (Lipinski definition) is 3. The van der Waals surface area contributed by atoms with Crippen LogP contribution in [0.4, 0.5) is 0 Å². The van der Waals surface area contributed by atoms with E-state index in [2.05, 4.69) is 4.98 Å². The van der Waals surface area contributed by atoms with Crippen LogP contribution in [0.1, 0.15) is 42.6 Å². The molecular formula is C12H19N3O. The molecule has 0 radical (unpaired) electrons. The van der Waals surface area contributed by atoms with E-state index >= 15 is 0 Å². The Hall–Kier alpha value is -1.16. The zero-order valence-corrected chi connectivity index (χ0v) is 9.72. The number of carbonyl (C=O) groups excluding carboxylic acids is 1. The van der Waals surface area contributed by atoms with Crippen molar-refractivity contribution in [3.63, 3.8) is 0 Å². The Bertz CT molecular complexity index is 372. The summed E-state index contributed by atoms with van der Waals surface area (Å²) in [4.78, 5) is 16.0. The van der Waals surface area contributed by atoms with Crippen LogP contribution in [0.3, 0.4) is 0 Å². The van der Waals surface area contributed by atoms with E-state index in [4.69, 9.17) is 5.73 Å². The van der Waals surface area contributed by atoms with E-state index in [0.29, 0.717) is 18.0 Å². The molecule has 0 unspecified atom stereocenters. The van der Waals surface area contributed by atoms with Crippen LogP contribution in [0, 0.1) is 5.92 Å². The lowest BCUT2D eigenvalue weighted by Crippen LogP contribution is -2.28. The van der Waals surface area contributed by atoms with Crippen LogP contribution >= 0.6 is 0 Å². The molecule has 1 fully saturated rings. The molecule has 0 aromatic carbocycles. The predicted octanol–water partition coefficient (Wildman–Crippen LogP) is 1.51. The Morgan fingerprint density at radius 1 is 1.62 bits per heavy atom. The lowest BCUT2D eigenvalue weighted by atomic mass is 9.83. The van der Waals surface area contributed by atoms with Gasteiger partial charge in [0.25, 0.3) is 0 Å². The number of nitrogens with zero attached hydrogens (tertiary/aromatic N) is 2. The molecule has 2 rings (SSSR count). The average molecular weight is 221 g/mol. The van der Waals surface area contributed by atoms with Crippen LogP contribution in [0.2, 0.25) is 0 Å². The third kappa shape index (κ3) is 2.70. The molecule has 1 heterocycles. The molecule has 88 valence electrons. The van der Waals surface area contributed by atoms with Crippen LogP contribution in [-0.4, -0.2) is 21.4 Å². The highest BCUT2D eigenvalue weighted by atomic mass is 16.1. The molecule has 1 aliphatic rings. The van der Waals surface area contributed by atoms with Gasteiger partial charge in [0.1, 0.15) is 5.69 Å². The fraction of sp³-hybridized carbons (Fsp3) is 0.667. The molecule has 0 saturated heterocycles. The number of ketones is 1. The van der Waals surface area contributed by atoms with Gasteiger partial charge in [-0.2, -0.15) is 0 Å². The molecule has 1 aliphatic carbocycles. The Kier molecular flexibility index (Phi) is 3.39. The number of rotatable bonds is 3. The summed E-state index contributed by atoms with van der Waals surface area (Å²) < 4.78 is 1.81. The predicted molar refractivity (Wildman–Crippen MR) is 62.1 cm³/mol. The van der Waals surface area contributed by atoms with E-state index in [1.807, 2.05) is 7.05 Å². The summed E-state index contributed by atoms with van der Waals surface area (Å²) in [6.45, 7) is 0. The molecule has 4 nitrogen and oxygen atoms in total. The van der Waals surface area contributed by atoms with Crippen molar-refractivity contribution in [2.75, 3.05) is 0 Å². The first-order valence-electron chi connectivity index (χ1n) is 5.92. The molecule has 0 bridgehead atoms. The summed E-state index contributed by atoms with van der Waals surface area (Å²) in [5, 5.41) is 0. The van der Waals surface area contributed by atoms with Crippen LogP contribution in [-0.2, 0) is 7.05 Å². The van der Waals surface area contributed by atoms with Crippen LogP contribution < -0.4 is 5.73 Å². The van der Waals surface area contributed by atoms with Crippen molar-refractivity contribution in [3.05, 3.63) is 18.2 Å². The third-order valence-corrected chi connectivity index (χ3v) is 3.29. The minimum Gasteiger partial charge on any atom is -0.340 e. The second kappa shape index (κ2) is 4.78. The number of nitrogens with two attached hydrogens (primary N) is 1.